The van der Waals surface area contributed by atoms with Gasteiger partial charge in [-0.25, -0.2) is 0 Å². The Hall–Kier alpha value is -3.02. The molecule has 2 aromatic carbocycles. The molecule has 0 amide bonds. The third kappa shape index (κ3) is 5.15. The van der Waals surface area contributed by atoms with Crippen LogP contribution in [0.25, 0.3) is 0 Å². The SMILES string of the molecule is COC(OC)C1(C)Oc2ccc(N)cc2C(NC(=N)NCc2cccc(C(F)(F)F)c2)C1O. The van der Waals surface area contributed by atoms with Gasteiger partial charge in [-0.1, -0.05) is 12.1 Å². The van der Waals surface area contributed by atoms with Crippen molar-refractivity contribution in [2.24, 2.45) is 0 Å². The number of aliphatic hydroxyl groups is 1. The van der Waals surface area contributed by atoms with E-state index in [1.165, 1.54) is 26.4 Å². The first-order valence-electron chi connectivity index (χ1n) is 10.1. The summed E-state index contributed by atoms with van der Waals surface area (Å²) in [6.45, 7) is 1.58. The largest absolute Gasteiger partial charge is 0.479 e. The molecule has 1 aliphatic heterocycles. The lowest BCUT2D eigenvalue weighted by Crippen LogP contribution is -2.62. The maximum atomic E-state index is 12.9. The summed E-state index contributed by atoms with van der Waals surface area (Å²) < 4.78 is 55.5. The van der Waals surface area contributed by atoms with Gasteiger partial charge in [-0.3, -0.25) is 5.41 Å². The van der Waals surface area contributed by atoms with Crippen molar-refractivity contribution in [1.29, 1.82) is 5.41 Å². The summed E-state index contributed by atoms with van der Waals surface area (Å²) in [4.78, 5) is 0. The van der Waals surface area contributed by atoms with Gasteiger partial charge in [0.25, 0.3) is 0 Å². The molecule has 33 heavy (non-hydrogen) atoms. The van der Waals surface area contributed by atoms with Crippen LogP contribution in [-0.2, 0) is 22.2 Å². The van der Waals surface area contributed by atoms with Crippen LogP contribution in [0.1, 0.15) is 29.7 Å². The summed E-state index contributed by atoms with van der Waals surface area (Å²) in [5, 5.41) is 25.1. The molecule has 0 saturated heterocycles. The van der Waals surface area contributed by atoms with Gasteiger partial charge in [0.1, 0.15) is 11.9 Å². The third-order valence-electron chi connectivity index (χ3n) is 5.52. The Labute approximate surface area is 189 Å². The molecule has 2 aromatic rings. The number of nitrogens with two attached hydrogens (primary N) is 1. The molecule has 0 aromatic heterocycles. The second kappa shape index (κ2) is 9.46. The van der Waals surface area contributed by atoms with E-state index in [-0.39, 0.29) is 12.5 Å². The van der Waals surface area contributed by atoms with Gasteiger partial charge in [-0.2, -0.15) is 13.2 Å². The fourth-order valence-corrected chi connectivity index (χ4v) is 3.86. The average molecular weight is 468 g/mol. The van der Waals surface area contributed by atoms with Crippen molar-refractivity contribution >= 4 is 11.6 Å². The van der Waals surface area contributed by atoms with Crippen molar-refractivity contribution < 1.29 is 32.5 Å². The number of fused-ring (bicyclic) bond motifs is 1. The molecular weight excluding hydrogens is 441 g/mol. The number of nitrogens with one attached hydrogen (secondary N) is 3. The number of guanidine groups is 1. The Kier molecular flexibility index (Phi) is 7.06. The van der Waals surface area contributed by atoms with E-state index in [2.05, 4.69) is 10.6 Å². The summed E-state index contributed by atoms with van der Waals surface area (Å²) in [6, 6.07) is 8.87. The van der Waals surface area contributed by atoms with Crippen molar-refractivity contribution in [3.8, 4) is 5.75 Å². The van der Waals surface area contributed by atoms with E-state index < -0.39 is 35.8 Å². The van der Waals surface area contributed by atoms with Crippen LogP contribution in [0.4, 0.5) is 18.9 Å². The van der Waals surface area contributed by atoms with Crippen molar-refractivity contribution in [3.05, 3.63) is 59.2 Å². The Morgan fingerprint density at radius 1 is 1.24 bits per heavy atom. The van der Waals surface area contributed by atoms with Gasteiger partial charge in [-0.05, 0) is 42.8 Å². The number of aliphatic hydroxyl groups excluding tert-OH is 1. The summed E-state index contributed by atoms with van der Waals surface area (Å²) in [5.74, 6) is 0.208. The fourth-order valence-electron chi connectivity index (χ4n) is 3.86. The number of rotatable bonds is 6. The van der Waals surface area contributed by atoms with Crippen LogP contribution in [0.15, 0.2) is 42.5 Å². The van der Waals surface area contributed by atoms with Gasteiger partial charge in [0.05, 0.1) is 11.6 Å². The van der Waals surface area contributed by atoms with Gasteiger partial charge >= 0.3 is 6.18 Å². The number of alkyl halides is 3. The predicted molar refractivity (Wildman–Crippen MR) is 116 cm³/mol. The van der Waals surface area contributed by atoms with Gasteiger partial charge < -0.3 is 35.7 Å². The first kappa shape index (κ1) is 24.6. The first-order chi connectivity index (χ1) is 15.5. The Bertz CT molecular complexity index is 1000. The van der Waals surface area contributed by atoms with Crippen LogP contribution in [0.3, 0.4) is 0 Å². The zero-order valence-corrected chi connectivity index (χ0v) is 18.4. The Balaban J connectivity index is 1.81. The van der Waals surface area contributed by atoms with Crippen LogP contribution in [0, 0.1) is 5.41 Å². The zero-order valence-electron chi connectivity index (χ0n) is 18.4. The van der Waals surface area contributed by atoms with Crippen LogP contribution >= 0.6 is 0 Å². The number of anilines is 1. The van der Waals surface area contributed by atoms with Crippen molar-refractivity contribution in [3.63, 3.8) is 0 Å². The smallest absolute Gasteiger partial charge is 0.416 e. The zero-order chi connectivity index (χ0) is 24.4. The van der Waals surface area contributed by atoms with Crippen LogP contribution in [0.5, 0.6) is 5.75 Å². The molecule has 0 aliphatic carbocycles. The van der Waals surface area contributed by atoms with Crippen molar-refractivity contribution in [2.45, 2.75) is 43.7 Å². The number of ether oxygens (including phenoxy) is 3. The number of halogens is 3. The molecule has 180 valence electrons. The number of benzene rings is 2. The van der Waals surface area contributed by atoms with E-state index in [4.69, 9.17) is 25.4 Å². The number of methoxy groups -OCH3 is 2. The van der Waals surface area contributed by atoms with Gasteiger partial charge in [0, 0.05) is 32.0 Å². The first-order valence-corrected chi connectivity index (χ1v) is 10.1. The minimum atomic E-state index is -4.46. The lowest BCUT2D eigenvalue weighted by Gasteiger charge is -2.46. The highest BCUT2D eigenvalue weighted by Crippen LogP contribution is 2.43. The normalized spacial score (nSPS) is 22.4. The van der Waals surface area contributed by atoms with E-state index in [1.807, 2.05) is 0 Å². The molecule has 3 unspecified atom stereocenters. The minimum absolute atomic E-state index is 0.0328. The minimum Gasteiger partial charge on any atom is -0.479 e. The maximum absolute atomic E-state index is 12.9. The highest BCUT2D eigenvalue weighted by molar-refractivity contribution is 5.77. The molecular formula is C22H27F3N4O4. The Morgan fingerprint density at radius 2 is 1.94 bits per heavy atom. The topological polar surface area (TPSA) is 122 Å². The molecule has 6 N–H and O–H groups in total. The van der Waals surface area contributed by atoms with Gasteiger partial charge in [0.2, 0.25) is 0 Å². The van der Waals surface area contributed by atoms with E-state index in [0.29, 0.717) is 22.6 Å². The molecule has 0 bridgehead atoms. The second-order valence-corrected chi connectivity index (χ2v) is 7.88. The molecule has 3 atom stereocenters. The molecule has 11 heteroatoms. The highest BCUT2D eigenvalue weighted by Gasteiger charge is 2.52. The molecule has 0 spiro atoms. The van der Waals surface area contributed by atoms with E-state index >= 15 is 0 Å². The molecule has 0 saturated carbocycles. The van der Waals surface area contributed by atoms with E-state index in [0.717, 1.165) is 12.1 Å². The summed E-state index contributed by atoms with van der Waals surface area (Å²) in [5.41, 5.74) is 5.08. The quantitative estimate of drug-likeness (QED) is 0.191. The summed E-state index contributed by atoms with van der Waals surface area (Å²) >= 11 is 0. The van der Waals surface area contributed by atoms with Crippen LogP contribution < -0.4 is 21.1 Å². The maximum Gasteiger partial charge on any atom is 0.416 e. The number of hydrogen-bond donors (Lipinski definition) is 5. The van der Waals surface area contributed by atoms with Gasteiger partial charge in [-0.15, -0.1) is 0 Å². The fraction of sp³-hybridized carbons (Fsp3) is 0.409. The van der Waals surface area contributed by atoms with Crippen LogP contribution in [0.2, 0.25) is 0 Å². The molecule has 8 nitrogen and oxygen atoms in total. The van der Waals surface area contributed by atoms with E-state index in [1.54, 1.807) is 25.1 Å². The standard InChI is InChI=1S/C22H27F3N4O4/c1-21(19(31-2)32-3)18(30)17(15-10-14(26)7-8-16(15)33-21)29-20(27)28-11-12-5-4-6-13(9-12)22(23,24)25/h4-10,17-19,30H,11,26H2,1-3H3,(H3,27,28,29). The average Bonchev–Trinajstić information content (AvgIpc) is 2.76. The molecule has 1 heterocycles. The van der Waals surface area contributed by atoms with E-state index in [9.17, 15) is 18.3 Å². The third-order valence-corrected chi connectivity index (χ3v) is 5.52. The molecule has 3 rings (SSSR count). The highest BCUT2D eigenvalue weighted by atomic mass is 19.4. The number of hydrogen-bond acceptors (Lipinski definition) is 6. The molecule has 1 aliphatic rings. The van der Waals surface area contributed by atoms with Crippen molar-refractivity contribution in [2.75, 3.05) is 20.0 Å². The lowest BCUT2D eigenvalue weighted by molar-refractivity contribution is -0.238. The van der Waals surface area contributed by atoms with Crippen molar-refractivity contribution in [1.82, 2.24) is 10.6 Å². The summed E-state index contributed by atoms with van der Waals surface area (Å²) in [6.07, 6.45) is -6.64. The monoisotopic (exact) mass is 468 g/mol. The van der Waals surface area contributed by atoms with Crippen LogP contribution in [-0.4, -0.2) is 43.3 Å². The number of nitrogen functional groups attached to an aromatic ring is 1. The van der Waals surface area contributed by atoms with Gasteiger partial charge in [0.15, 0.2) is 17.9 Å². The lowest BCUT2D eigenvalue weighted by atomic mass is 9.84. The Morgan fingerprint density at radius 3 is 2.58 bits per heavy atom. The predicted octanol–water partition coefficient (Wildman–Crippen LogP) is 2.77. The molecule has 0 radical (unpaired) electrons. The molecule has 0 fully saturated rings. The second-order valence-electron chi connectivity index (χ2n) is 7.88. The summed E-state index contributed by atoms with van der Waals surface area (Å²) in [7, 11) is 2.82.